The van der Waals surface area contributed by atoms with E-state index in [2.05, 4.69) is 18.0 Å². The highest BCUT2D eigenvalue weighted by molar-refractivity contribution is 5.83. The Balaban J connectivity index is 1.81. The molecule has 154 valence electrons. The molecule has 0 N–H and O–H groups in total. The third-order valence-electron chi connectivity index (χ3n) is 5.75. The minimum absolute atomic E-state index is 0.0139. The topological polar surface area (TPSA) is 66.5 Å². The van der Waals surface area contributed by atoms with E-state index in [1.54, 1.807) is 21.3 Å². The van der Waals surface area contributed by atoms with Crippen molar-refractivity contribution in [3.05, 3.63) is 40.5 Å². The number of aldehydes is 1. The van der Waals surface area contributed by atoms with E-state index in [1.165, 1.54) is 5.56 Å². The Hall–Kier alpha value is -2.93. The van der Waals surface area contributed by atoms with Crippen LogP contribution in [-0.2, 0) is 12.8 Å². The van der Waals surface area contributed by atoms with Crippen LogP contribution in [0.5, 0.6) is 28.7 Å². The van der Waals surface area contributed by atoms with Crippen molar-refractivity contribution in [2.75, 3.05) is 41.7 Å². The van der Waals surface area contributed by atoms with Gasteiger partial charge in [0.25, 0.3) is 0 Å². The second-order valence-electron chi connectivity index (χ2n) is 7.16. The average molecular weight is 399 g/mol. The lowest BCUT2D eigenvalue weighted by molar-refractivity contribution is 0.111. The van der Waals surface area contributed by atoms with Gasteiger partial charge >= 0.3 is 0 Å². The molecule has 0 fully saturated rings. The number of hydrogen-bond acceptors (Lipinski definition) is 7. The van der Waals surface area contributed by atoms with E-state index >= 15 is 0 Å². The largest absolute Gasteiger partial charge is 0.493 e. The van der Waals surface area contributed by atoms with Crippen LogP contribution in [-0.4, -0.2) is 52.9 Å². The number of benzene rings is 2. The van der Waals surface area contributed by atoms with Gasteiger partial charge in [0.2, 0.25) is 12.5 Å². The van der Waals surface area contributed by atoms with E-state index in [0.29, 0.717) is 35.0 Å². The smallest absolute Gasteiger partial charge is 0.231 e. The Morgan fingerprint density at radius 1 is 1.14 bits per heavy atom. The van der Waals surface area contributed by atoms with Gasteiger partial charge in [0, 0.05) is 18.2 Å². The highest BCUT2D eigenvalue weighted by Crippen LogP contribution is 2.50. The molecule has 2 heterocycles. The number of likely N-dealkylation sites (N-methyl/N-ethyl adjacent to an activating group) is 1. The molecule has 7 heteroatoms. The summed E-state index contributed by atoms with van der Waals surface area (Å²) in [5.41, 5.74) is 3.66. The Kier molecular flexibility index (Phi) is 5.24. The molecular weight excluding hydrogens is 374 g/mol. The molecule has 4 rings (SSSR count). The zero-order valence-electron chi connectivity index (χ0n) is 17.1. The molecule has 0 radical (unpaired) electrons. The molecule has 2 aromatic rings. The van der Waals surface area contributed by atoms with E-state index < -0.39 is 0 Å². The first-order valence-electron chi connectivity index (χ1n) is 9.51. The normalized spacial score (nSPS) is 17.6. The van der Waals surface area contributed by atoms with E-state index in [1.807, 2.05) is 12.1 Å². The van der Waals surface area contributed by atoms with Crippen LogP contribution in [0.1, 0.15) is 33.1 Å². The van der Waals surface area contributed by atoms with Crippen LogP contribution in [0.25, 0.3) is 0 Å². The third kappa shape index (κ3) is 3.15. The van der Waals surface area contributed by atoms with Gasteiger partial charge in [0.15, 0.2) is 29.3 Å². The second-order valence-corrected chi connectivity index (χ2v) is 7.16. The minimum atomic E-state index is 0.0139. The summed E-state index contributed by atoms with van der Waals surface area (Å²) < 4.78 is 27.8. The zero-order chi connectivity index (χ0) is 20.5. The van der Waals surface area contributed by atoms with Crippen molar-refractivity contribution < 1.29 is 28.5 Å². The van der Waals surface area contributed by atoms with E-state index in [4.69, 9.17) is 23.7 Å². The summed E-state index contributed by atoms with van der Waals surface area (Å²) in [5.74, 6) is 3.07. The molecule has 0 aromatic heterocycles. The van der Waals surface area contributed by atoms with Crippen LogP contribution >= 0.6 is 0 Å². The number of nitrogens with zero attached hydrogens (tertiary/aromatic N) is 1. The van der Waals surface area contributed by atoms with Crippen molar-refractivity contribution in [1.29, 1.82) is 0 Å². The lowest BCUT2D eigenvalue weighted by Gasteiger charge is -2.36. The summed E-state index contributed by atoms with van der Waals surface area (Å²) in [5, 5.41) is 0. The fourth-order valence-corrected chi connectivity index (χ4v) is 4.29. The summed E-state index contributed by atoms with van der Waals surface area (Å²) >= 11 is 0. The Bertz CT molecular complexity index is 942. The summed E-state index contributed by atoms with van der Waals surface area (Å²) in [6.45, 7) is 1.09. The number of carbonyl (C=O) groups is 1. The van der Waals surface area contributed by atoms with Gasteiger partial charge in [0.05, 0.1) is 26.9 Å². The van der Waals surface area contributed by atoms with E-state index in [-0.39, 0.29) is 12.8 Å². The van der Waals surface area contributed by atoms with E-state index in [9.17, 15) is 4.79 Å². The Morgan fingerprint density at radius 2 is 1.93 bits per heavy atom. The van der Waals surface area contributed by atoms with Gasteiger partial charge in [-0.3, -0.25) is 9.69 Å². The fourth-order valence-electron chi connectivity index (χ4n) is 4.29. The number of methoxy groups -OCH3 is 3. The quantitative estimate of drug-likeness (QED) is 0.692. The number of carbonyl (C=O) groups excluding carboxylic acids is 1. The van der Waals surface area contributed by atoms with Crippen LogP contribution in [0.3, 0.4) is 0 Å². The number of hydrogen-bond donors (Lipinski definition) is 0. The molecule has 0 amide bonds. The fraction of sp³-hybridized carbons (Fsp3) is 0.409. The highest BCUT2D eigenvalue weighted by Gasteiger charge is 2.34. The van der Waals surface area contributed by atoms with Gasteiger partial charge in [0.1, 0.15) is 0 Å². The molecule has 0 spiro atoms. The average Bonchev–Trinajstić information content (AvgIpc) is 3.21. The minimum Gasteiger partial charge on any atom is -0.493 e. The van der Waals surface area contributed by atoms with Crippen LogP contribution in [0.15, 0.2) is 18.2 Å². The third-order valence-corrected chi connectivity index (χ3v) is 5.75. The molecule has 2 aliphatic rings. The molecule has 0 bridgehead atoms. The first-order valence-corrected chi connectivity index (χ1v) is 9.51. The molecule has 7 nitrogen and oxygen atoms in total. The summed E-state index contributed by atoms with van der Waals surface area (Å²) in [6, 6.07) is 5.82. The number of ether oxygens (including phenoxy) is 5. The van der Waals surface area contributed by atoms with Gasteiger partial charge in [-0.05, 0) is 43.1 Å². The summed E-state index contributed by atoms with van der Waals surface area (Å²) in [4.78, 5) is 14.2. The first-order chi connectivity index (χ1) is 14.1. The maximum absolute atomic E-state index is 11.9. The molecular formula is C22H25NO6. The SMILES string of the molecule is COc1ccc(CC2c3c(cc4c(c3OC)OCO4)CCN2C)c(C=O)c1OC. The molecule has 2 aliphatic heterocycles. The van der Waals surface area contributed by atoms with Gasteiger partial charge < -0.3 is 23.7 Å². The van der Waals surface area contributed by atoms with Crippen molar-refractivity contribution in [1.82, 2.24) is 4.90 Å². The van der Waals surface area contributed by atoms with Crippen LogP contribution in [0, 0.1) is 0 Å². The molecule has 0 saturated carbocycles. The van der Waals surface area contributed by atoms with Crippen LogP contribution in [0.2, 0.25) is 0 Å². The van der Waals surface area contributed by atoms with Crippen molar-refractivity contribution in [2.45, 2.75) is 18.9 Å². The maximum Gasteiger partial charge on any atom is 0.231 e. The van der Waals surface area contributed by atoms with Crippen molar-refractivity contribution in [2.24, 2.45) is 0 Å². The molecule has 2 aromatic carbocycles. The van der Waals surface area contributed by atoms with Gasteiger partial charge in [-0.15, -0.1) is 0 Å². The van der Waals surface area contributed by atoms with Crippen molar-refractivity contribution >= 4 is 6.29 Å². The lowest BCUT2D eigenvalue weighted by atomic mass is 9.86. The zero-order valence-corrected chi connectivity index (χ0v) is 17.1. The second kappa shape index (κ2) is 7.83. The van der Waals surface area contributed by atoms with Crippen LogP contribution in [0.4, 0.5) is 0 Å². The standard InChI is InChI=1S/C22H25NO6/c1-23-8-7-14-10-18-21(29-12-28-18)22(27-4)19(14)16(23)9-13-5-6-17(25-2)20(26-3)15(13)11-24/h5-6,10-11,16H,7-9,12H2,1-4H3. The predicted octanol–water partition coefficient (Wildman–Crippen LogP) is 3.03. The Morgan fingerprint density at radius 3 is 2.62 bits per heavy atom. The van der Waals surface area contributed by atoms with Gasteiger partial charge in [-0.1, -0.05) is 6.07 Å². The summed E-state index contributed by atoms with van der Waals surface area (Å²) in [7, 11) is 6.83. The molecule has 1 unspecified atom stereocenters. The van der Waals surface area contributed by atoms with Crippen molar-refractivity contribution in [3.63, 3.8) is 0 Å². The Labute approximate surface area is 170 Å². The summed E-state index contributed by atoms with van der Waals surface area (Å²) in [6.07, 6.45) is 2.34. The van der Waals surface area contributed by atoms with E-state index in [0.717, 1.165) is 36.1 Å². The molecule has 0 aliphatic carbocycles. The number of rotatable bonds is 6. The monoisotopic (exact) mass is 399 g/mol. The maximum atomic E-state index is 11.9. The lowest BCUT2D eigenvalue weighted by Crippen LogP contribution is -2.34. The highest BCUT2D eigenvalue weighted by atomic mass is 16.7. The van der Waals surface area contributed by atoms with Crippen LogP contribution < -0.4 is 23.7 Å². The van der Waals surface area contributed by atoms with Gasteiger partial charge in [-0.25, -0.2) is 0 Å². The first kappa shape index (κ1) is 19.4. The molecule has 1 atom stereocenters. The van der Waals surface area contributed by atoms with Gasteiger partial charge in [-0.2, -0.15) is 0 Å². The predicted molar refractivity (Wildman–Crippen MR) is 107 cm³/mol. The molecule has 0 saturated heterocycles. The van der Waals surface area contributed by atoms with Crippen molar-refractivity contribution in [3.8, 4) is 28.7 Å². The molecule has 29 heavy (non-hydrogen) atoms. The number of fused-ring (bicyclic) bond motifs is 2.